The molecule has 2 rings (SSSR count). The van der Waals surface area contributed by atoms with E-state index in [1.807, 2.05) is 6.92 Å². The third-order valence-electron chi connectivity index (χ3n) is 3.19. The topological polar surface area (TPSA) is 28.2 Å². The normalized spacial score (nSPS) is 21.1. The maximum atomic E-state index is 13.0. The second-order valence-corrected chi connectivity index (χ2v) is 4.33. The molecule has 1 unspecified atom stereocenters. The highest BCUT2D eigenvalue weighted by Crippen LogP contribution is 2.36. The van der Waals surface area contributed by atoms with Gasteiger partial charge in [0.05, 0.1) is 5.56 Å². The predicted octanol–water partition coefficient (Wildman–Crippen LogP) is 2.29. The van der Waals surface area contributed by atoms with Crippen molar-refractivity contribution in [3.63, 3.8) is 0 Å². The Bertz CT molecular complexity index is 406. The smallest absolute Gasteiger partial charge is 0.351 e. The lowest BCUT2D eigenvalue weighted by atomic mass is 10.1. The number of nitrogens with one attached hydrogen (secondary N) is 1. The van der Waals surface area contributed by atoms with Crippen LogP contribution in [0, 0.1) is 0 Å². The lowest BCUT2D eigenvalue weighted by molar-refractivity contribution is -0.137. The molecule has 1 aliphatic heterocycles. The standard InChI is InChI=1S/C12H16F3N3/c1-2-9-8-16-6-7-18(9)11-10(12(13,14)15)4-3-5-17-11/h3-5,9,16H,2,6-8H2,1H3. The molecule has 1 fully saturated rings. The van der Waals surface area contributed by atoms with Crippen molar-refractivity contribution in [2.75, 3.05) is 24.5 Å². The summed E-state index contributed by atoms with van der Waals surface area (Å²) in [6.07, 6.45) is -2.15. The summed E-state index contributed by atoms with van der Waals surface area (Å²) in [6, 6.07) is 2.49. The molecule has 1 aliphatic rings. The molecule has 100 valence electrons. The van der Waals surface area contributed by atoms with E-state index in [-0.39, 0.29) is 11.9 Å². The van der Waals surface area contributed by atoms with Gasteiger partial charge in [0, 0.05) is 31.9 Å². The average molecular weight is 259 g/mol. The van der Waals surface area contributed by atoms with Gasteiger partial charge in [0.2, 0.25) is 0 Å². The van der Waals surface area contributed by atoms with Gasteiger partial charge < -0.3 is 10.2 Å². The highest BCUT2D eigenvalue weighted by molar-refractivity contribution is 5.49. The Morgan fingerprint density at radius 2 is 2.28 bits per heavy atom. The number of piperazine rings is 1. The van der Waals surface area contributed by atoms with Crippen LogP contribution < -0.4 is 10.2 Å². The summed E-state index contributed by atoms with van der Waals surface area (Å²) in [5, 5.41) is 3.19. The number of alkyl halides is 3. The number of halogens is 3. The summed E-state index contributed by atoms with van der Waals surface area (Å²) < 4.78 is 38.9. The second-order valence-electron chi connectivity index (χ2n) is 4.33. The first-order valence-corrected chi connectivity index (χ1v) is 6.03. The fraction of sp³-hybridized carbons (Fsp3) is 0.583. The Morgan fingerprint density at radius 1 is 1.50 bits per heavy atom. The van der Waals surface area contributed by atoms with Crippen LogP contribution in [-0.2, 0) is 6.18 Å². The highest BCUT2D eigenvalue weighted by atomic mass is 19.4. The summed E-state index contributed by atoms with van der Waals surface area (Å²) in [4.78, 5) is 5.71. The summed E-state index contributed by atoms with van der Waals surface area (Å²) in [6.45, 7) is 3.91. The molecule has 1 saturated heterocycles. The fourth-order valence-corrected chi connectivity index (χ4v) is 2.25. The van der Waals surface area contributed by atoms with E-state index in [1.54, 1.807) is 4.90 Å². The zero-order valence-electron chi connectivity index (χ0n) is 10.2. The molecule has 1 atom stereocenters. The summed E-state index contributed by atoms with van der Waals surface area (Å²) in [5.74, 6) is 0.0540. The average Bonchev–Trinajstić information content (AvgIpc) is 2.37. The maximum absolute atomic E-state index is 13.0. The van der Waals surface area contributed by atoms with E-state index in [0.29, 0.717) is 19.6 Å². The van der Waals surface area contributed by atoms with Crippen LogP contribution in [0.25, 0.3) is 0 Å². The van der Waals surface area contributed by atoms with Crippen molar-refractivity contribution in [3.8, 4) is 0 Å². The van der Waals surface area contributed by atoms with Gasteiger partial charge in [-0.05, 0) is 18.6 Å². The van der Waals surface area contributed by atoms with Crippen LogP contribution in [0.1, 0.15) is 18.9 Å². The van der Waals surface area contributed by atoms with Crippen molar-refractivity contribution in [2.24, 2.45) is 0 Å². The second kappa shape index (κ2) is 5.14. The van der Waals surface area contributed by atoms with Crippen LogP contribution in [-0.4, -0.2) is 30.7 Å². The van der Waals surface area contributed by atoms with E-state index in [2.05, 4.69) is 10.3 Å². The minimum Gasteiger partial charge on any atom is -0.351 e. The zero-order chi connectivity index (χ0) is 13.2. The molecule has 0 radical (unpaired) electrons. The molecular formula is C12H16F3N3. The minimum atomic E-state index is -4.35. The fourth-order valence-electron chi connectivity index (χ4n) is 2.25. The molecule has 1 aromatic rings. The van der Waals surface area contributed by atoms with E-state index in [1.165, 1.54) is 12.3 Å². The van der Waals surface area contributed by atoms with Crippen molar-refractivity contribution >= 4 is 5.82 Å². The van der Waals surface area contributed by atoms with Crippen LogP contribution >= 0.6 is 0 Å². The molecule has 0 aromatic carbocycles. The maximum Gasteiger partial charge on any atom is 0.419 e. The Labute approximate surface area is 104 Å². The van der Waals surface area contributed by atoms with Crippen molar-refractivity contribution < 1.29 is 13.2 Å². The summed E-state index contributed by atoms with van der Waals surface area (Å²) in [7, 11) is 0. The largest absolute Gasteiger partial charge is 0.419 e. The van der Waals surface area contributed by atoms with Crippen molar-refractivity contribution in [3.05, 3.63) is 23.9 Å². The van der Waals surface area contributed by atoms with Crippen LogP contribution in [0.3, 0.4) is 0 Å². The van der Waals surface area contributed by atoms with Crippen LogP contribution in [0.5, 0.6) is 0 Å². The van der Waals surface area contributed by atoms with Crippen molar-refractivity contribution in [1.29, 1.82) is 0 Å². The van der Waals surface area contributed by atoms with Crippen molar-refractivity contribution in [1.82, 2.24) is 10.3 Å². The number of aromatic nitrogens is 1. The Balaban J connectivity index is 2.37. The monoisotopic (exact) mass is 259 g/mol. The van der Waals surface area contributed by atoms with Gasteiger partial charge in [-0.25, -0.2) is 4.98 Å². The summed E-state index contributed by atoms with van der Waals surface area (Å²) in [5.41, 5.74) is -0.648. The number of pyridine rings is 1. The third-order valence-corrected chi connectivity index (χ3v) is 3.19. The van der Waals surface area contributed by atoms with Crippen LogP contribution in [0.4, 0.5) is 19.0 Å². The number of rotatable bonds is 2. The molecule has 1 N–H and O–H groups in total. The van der Waals surface area contributed by atoms with Gasteiger partial charge in [-0.2, -0.15) is 13.2 Å². The number of hydrogen-bond acceptors (Lipinski definition) is 3. The van der Waals surface area contributed by atoms with Gasteiger partial charge in [-0.15, -0.1) is 0 Å². The van der Waals surface area contributed by atoms with Gasteiger partial charge in [0.1, 0.15) is 5.82 Å². The Hall–Kier alpha value is -1.30. The molecular weight excluding hydrogens is 243 g/mol. The minimum absolute atomic E-state index is 0.0540. The van der Waals surface area contributed by atoms with E-state index < -0.39 is 11.7 Å². The molecule has 18 heavy (non-hydrogen) atoms. The number of nitrogens with zero attached hydrogens (tertiary/aromatic N) is 2. The van der Waals surface area contributed by atoms with Crippen molar-refractivity contribution in [2.45, 2.75) is 25.6 Å². The van der Waals surface area contributed by atoms with Gasteiger partial charge in [-0.3, -0.25) is 0 Å². The van der Waals surface area contributed by atoms with E-state index >= 15 is 0 Å². The molecule has 3 nitrogen and oxygen atoms in total. The molecule has 0 bridgehead atoms. The first-order chi connectivity index (χ1) is 8.54. The Morgan fingerprint density at radius 3 is 2.94 bits per heavy atom. The number of anilines is 1. The molecule has 6 heteroatoms. The van der Waals surface area contributed by atoms with Gasteiger partial charge in [0.25, 0.3) is 0 Å². The third kappa shape index (κ3) is 2.58. The van der Waals surface area contributed by atoms with Crippen LogP contribution in [0.2, 0.25) is 0 Å². The Kier molecular flexibility index (Phi) is 3.75. The molecule has 1 aromatic heterocycles. The summed E-state index contributed by atoms with van der Waals surface area (Å²) >= 11 is 0. The predicted molar refractivity (Wildman–Crippen MR) is 63.5 cm³/mol. The molecule has 2 heterocycles. The highest BCUT2D eigenvalue weighted by Gasteiger charge is 2.37. The molecule has 0 saturated carbocycles. The lowest BCUT2D eigenvalue weighted by Gasteiger charge is -2.37. The van der Waals surface area contributed by atoms with E-state index in [9.17, 15) is 13.2 Å². The quantitative estimate of drug-likeness (QED) is 0.883. The molecule has 0 amide bonds. The zero-order valence-corrected chi connectivity index (χ0v) is 10.2. The molecule has 0 spiro atoms. The van der Waals surface area contributed by atoms with Gasteiger partial charge >= 0.3 is 6.18 Å². The van der Waals surface area contributed by atoms with Crippen LogP contribution in [0.15, 0.2) is 18.3 Å². The first kappa shape index (κ1) is 13.1. The van der Waals surface area contributed by atoms with Gasteiger partial charge in [-0.1, -0.05) is 6.92 Å². The van der Waals surface area contributed by atoms with E-state index in [0.717, 1.165) is 12.5 Å². The first-order valence-electron chi connectivity index (χ1n) is 6.03. The van der Waals surface area contributed by atoms with E-state index in [4.69, 9.17) is 0 Å². The number of hydrogen-bond donors (Lipinski definition) is 1. The van der Waals surface area contributed by atoms with Gasteiger partial charge in [0.15, 0.2) is 0 Å². The lowest BCUT2D eigenvalue weighted by Crippen LogP contribution is -2.52. The molecule has 0 aliphatic carbocycles. The SMILES string of the molecule is CCC1CNCCN1c1ncccc1C(F)(F)F.